The number of carbonyl (C=O) groups is 2. The lowest BCUT2D eigenvalue weighted by Gasteiger charge is -2.19. The lowest BCUT2D eigenvalue weighted by Crippen LogP contribution is -2.28. The number of halogens is 1. The van der Waals surface area contributed by atoms with Gasteiger partial charge in [0.2, 0.25) is 5.91 Å². The number of carbonyl (C=O) groups excluding carboxylic acids is 1. The molecule has 1 rings (SSSR count). The van der Waals surface area contributed by atoms with Crippen LogP contribution in [0.4, 0.5) is 10.1 Å². The van der Waals surface area contributed by atoms with Crippen molar-refractivity contribution in [2.45, 2.75) is 25.6 Å². The Labute approximate surface area is 120 Å². The molecule has 1 aromatic rings. The van der Waals surface area contributed by atoms with E-state index in [1.807, 2.05) is 0 Å². The molecule has 1 aromatic carbocycles. The standard InChI is InChI=1S/C13H17FN2O5/c1-6(17)16-3-2-11(18)12(19)7-4-8(13(20)21)10(15)5-9(7)14/h4-5,11-12,18-19H,2-3,15H2,1H3,(H,16,17)(H,20,21). The first-order valence-electron chi connectivity index (χ1n) is 6.16. The number of nitrogens with two attached hydrogens (primary N) is 1. The molecular weight excluding hydrogens is 283 g/mol. The van der Waals surface area contributed by atoms with Gasteiger partial charge in [-0.25, -0.2) is 9.18 Å². The number of hydrogen-bond acceptors (Lipinski definition) is 5. The molecule has 0 bridgehead atoms. The second-order valence-electron chi connectivity index (χ2n) is 4.55. The quantitative estimate of drug-likeness (QED) is 0.471. The average Bonchev–Trinajstić information content (AvgIpc) is 2.37. The Kier molecular flexibility index (Phi) is 5.62. The Morgan fingerprint density at radius 2 is 2.00 bits per heavy atom. The van der Waals surface area contributed by atoms with Gasteiger partial charge in [-0.2, -0.15) is 0 Å². The van der Waals surface area contributed by atoms with Crippen LogP contribution in [0, 0.1) is 5.82 Å². The molecule has 0 saturated heterocycles. The molecular formula is C13H17FN2O5. The molecule has 0 aliphatic heterocycles. The van der Waals surface area contributed by atoms with E-state index >= 15 is 0 Å². The van der Waals surface area contributed by atoms with Crippen LogP contribution in [0.25, 0.3) is 0 Å². The number of nitrogen functional groups attached to an aromatic ring is 1. The summed E-state index contributed by atoms with van der Waals surface area (Å²) >= 11 is 0. The van der Waals surface area contributed by atoms with Crippen LogP contribution in [0.15, 0.2) is 12.1 Å². The second kappa shape index (κ2) is 7.00. The first kappa shape index (κ1) is 16.9. The predicted molar refractivity (Wildman–Crippen MR) is 72.0 cm³/mol. The van der Waals surface area contributed by atoms with Crippen molar-refractivity contribution in [2.75, 3.05) is 12.3 Å². The van der Waals surface area contributed by atoms with Crippen LogP contribution >= 0.6 is 0 Å². The first-order valence-corrected chi connectivity index (χ1v) is 6.16. The summed E-state index contributed by atoms with van der Waals surface area (Å²) in [6, 6.07) is 1.67. The first-order chi connectivity index (χ1) is 9.73. The van der Waals surface area contributed by atoms with Gasteiger partial charge in [-0.15, -0.1) is 0 Å². The highest BCUT2D eigenvalue weighted by atomic mass is 19.1. The molecule has 21 heavy (non-hydrogen) atoms. The number of nitrogens with one attached hydrogen (secondary N) is 1. The van der Waals surface area contributed by atoms with Crippen LogP contribution in [0.1, 0.15) is 35.4 Å². The van der Waals surface area contributed by atoms with Gasteiger partial charge in [0.25, 0.3) is 0 Å². The van der Waals surface area contributed by atoms with Crippen molar-refractivity contribution in [1.29, 1.82) is 0 Å². The van der Waals surface area contributed by atoms with Crippen molar-refractivity contribution in [3.05, 3.63) is 29.1 Å². The van der Waals surface area contributed by atoms with E-state index < -0.39 is 24.0 Å². The molecule has 0 aliphatic carbocycles. The van der Waals surface area contributed by atoms with Crippen molar-refractivity contribution >= 4 is 17.6 Å². The monoisotopic (exact) mass is 300 g/mol. The van der Waals surface area contributed by atoms with Crippen LogP contribution in [-0.4, -0.2) is 39.8 Å². The molecule has 2 unspecified atom stereocenters. The highest BCUT2D eigenvalue weighted by Gasteiger charge is 2.24. The van der Waals surface area contributed by atoms with E-state index in [0.29, 0.717) is 0 Å². The number of aliphatic hydroxyl groups is 2. The van der Waals surface area contributed by atoms with Crippen molar-refractivity contribution < 1.29 is 29.3 Å². The lowest BCUT2D eigenvalue weighted by atomic mass is 9.98. The maximum Gasteiger partial charge on any atom is 0.337 e. The second-order valence-corrected chi connectivity index (χ2v) is 4.55. The maximum atomic E-state index is 13.7. The molecule has 0 aliphatic rings. The molecule has 6 N–H and O–H groups in total. The fourth-order valence-electron chi connectivity index (χ4n) is 1.78. The predicted octanol–water partition coefficient (Wildman–Crippen LogP) is 0.0266. The summed E-state index contributed by atoms with van der Waals surface area (Å²) in [6.07, 6.45) is -3.01. The third-order valence-electron chi connectivity index (χ3n) is 2.90. The number of aliphatic hydroxyl groups excluding tert-OH is 2. The fourth-order valence-corrected chi connectivity index (χ4v) is 1.78. The van der Waals surface area contributed by atoms with Crippen molar-refractivity contribution in [2.24, 2.45) is 0 Å². The molecule has 0 spiro atoms. The molecule has 0 fully saturated rings. The smallest absolute Gasteiger partial charge is 0.337 e. The Morgan fingerprint density at radius 1 is 1.38 bits per heavy atom. The van der Waals surface area contributed by atoms with Gasteiger partial charge in [-0.3, -0.25) is 4.79 Å². The van der Waals surface area contributed by atoms with E-state index in [2.05, 4.69) is 5.32 Å². The average molecular weight is 300 g/mol. The molecule has 0 saturated carbocycles. The van der Waals surface area contributed by atoms with E-state index in [-0.39, 0.29) is 35.7 Å². The summed E-state index contributed by atoms with van der Waals surface area (Å²) in [5, 5.41) is 31.0. The van der Waals surface area contributed by atoms with Crippen LogP contribution in [0.3, 0.4) is 0 Å². The van der Waals surface area contributed by atoms with Gasteiger partial charge in [-0.05, 0) is 18.6 Å². The summed E-state index contributed by atoms with van der Waals surface area (Å²) in [4.78, 5) is 21.6. The van der Waals surface area contributed by atoms with Gasteiger partial charge in [0.1, 0.15) is 11.9 Å². The third-order valence-corrected chi connectivity index (χ3v) is 2.90. The van der Waals surface area contributed by atoms with Crippen LogP contribution in [0.5, 0.6) is 0 Å². The van der Waals surface area contributed by atoms with E-state index in [1.54, 1.807) is 0 Å². The Balaban J connectivity index is 2.90. The molecule has 0 heterocycles. The Morgan fingerprint density at radius 3 is 2.52 bits per heavy atom. The minimum absolute atomic E-state index is 0.0209. The van der Waals surface area contributed by atoms with Crippen molar-refractivity contribution in [3.8, 4) is 0 Å². The van der Waals surface area contributed by atoms with E-state index in [9.17, 15) is 24.2 Å². The van der Waals surface area contributed by atoms with E-state index in [4.69, 9.17) is 10.8 Å². The SMILES string of the molecule is CC(=O)NCCC(O)C(O)c1cc(C(=O)O)c(N)cc1F. The van der Waals surface area contributed by atoms with E-state index in [0.717, 1.165) is 12.1 Å². The van der Waals surface area contributed by atoms with Gasteiger partial charge in [0, 0.05) is 24.7 Å². The van der Waals surface area contributed by atoms with Crippen LogP contribution in [0.2, 0.25) is 0 Å². The summed E-state index contributed by atoms with van der Waals surface area (Å²) in [7, 11) is 0. The highest BCUT2D eigenvalue weighted by Crippen LogP contribution is 2.26. The number of hydrogen-bond donors (Lipinski definition) is 5. The van der Waals surface area contributed by atoms with Crippen molar-refractivity contribution in [3.63, 3.8) is 0 Å². The molecule has 0 aromatic heterocycles. The number of carboxylic acid groups (broad SMARTS) is 1. The maximum absolute atomic E-state index is 13.7. The Hall–Kier alpha value is -2.19. The molecule has 116 valence electrons. The largest absolute Gasteiger partial charge is 0.478 e. The number of anilines is 1. The number of amides is 1. The van der Waals surface area contributed by atoms with Gasteiger partial charge in [0.05, 0.1) is 11.7 Å². The Bertz CT molecular complexity index is 550. The normalized spacial score (nSPS) is 13.5. The topological polar surface area (TPSA) is 133 Å². The molecule has 2 atom stereocenters. The molecule has 0 radical (unpaired) electrons. The third kappa shape index (κ3) is 4.40. The number of carboxylic acids is 1. The number of aromatic carboxylic acids is 1. The number of rotatable bonds is 6. The number of benzene rings is 1. The molecule has 8 heteroatoms. The zero-order valence-corrected chi connectivity index (χ0v) is 11.3. The summed E-state index contributed by atoms with van der Waals surface area (Å²) in [6.45, 7) is 1.39. The van der Waals surface area contributed by atoms with Gasteiger partial charge >= 0.3 is 5.97 Å². The fraction of sp³-hybridized carbons (Fsp3) is 0.385. The van der Waals surface area contributed by atoms with E-state index in [1.165, 1.54) is 6.92 Å². The lowest BCUT2D eigenvalue weighted by molar-refractivity contribution is -0.119. The minimum atomic E-state index is -1.63. The van der Waals surface area contributed by atoms with Crippen LogP contribution < -0.4 is 11.1 Å². The van der Waals surface area contributed by atoms with Gasteiger partial charge in [-0.1, -0.05) is 0 Å². The molecule has 1 amide bonds. The zero-order chi connectivity index (χ0) is 16.2. The van der Waals surface area contributed by atoms with Gasteiger partial charge < -0.3 is 26.4 Å². The van der Waals surface area contributed by atoms with Crippen LogP contribution in [-0.2, 0) is 4.79 Å². The zero-order valence-electron chi connectivity index (χ0n) is 11.3. The summed E-state index contributed by atoms with van der Waals surface area (Å²) in [5.74, 6) is -2.58. The summed E-state index contributed by atoms with van der Waals surface area (Å²) < 4.78 is 13.7. The summed E-state index contributed by atoms with van der Waals surface area (Å²) in [5.41, 5.74) is 4.37. The van der Waals surface area contributed by atoms with Gasteiger partial charge in [0.15, 0.2) is 0 Å². The molecule has 7 nitrogen and oxygen atoms in total. The highest BCUT2D eigenvalue weighted by molar-refractivity contribution is 5.93. The minimum Gasteiger partial charge on any atom is -0.478 e. The van der Waals surface area contributed by atoms with Crippen molar-refractivity contribution in [1.82, 2.24) is 5.32 Å².